The maximum atomic E-state index is 4.50. The van der Waals surface area contributed by atoms with Gasteiger partial charge in [0.05, 0.1) is 0 Å². The van der Waals surface area contributed by atoms with E-state index in [1.165, 1.54) is 12.6 Å². The zero-order chi connectivity index (χ0) is 8.69. The molecule has 0 heterocycles. The maximum absolute atomic E-state index is 4.50. The highest BCUT2D eigenvalue weighted by atomic mass is 14.4. The largest absolute Gasteiger partial charge is 0.333 e. The first-order valence-electron chi connectivity index (χ1n) is 3.90. The first-order valence-corrected chi connectivity index (χ1v) is 3.90. The average Bonchev–Trinajstić information content (AvgIpc) is 2.20. The standard InChI is InChI=1S/C9H12.CH5N/c1-8-4-3-5-9(2)7-6-8;1-2/h3-8H,1-2H3;2H2,1H3. The summed E-state index contributed by atoms with van der Waals surface area (Å²) < 4.78 is 0. The van der Waals surface area contributed by atoms with Gasteiger partial charge in [0.1, 0.15) is 0 Å². The van der Waals surface area contributed by atoms with E-state index in [0.717, 1.165) is 0 Å². The average molecular weight is 151 g/mol. The Labute approximate surface area is 69.3 Å². The highest BCUT2D eigenvalue weighted by Gasteiger charge is 1.91. The van der Waals surface area contributed by atoms with Crippen molar-refractivity contribution in [2.45, 2.75) is 13.8 Å². The van der Waals surface area contributed by atoms with Crippen LogP contribution in [0, 0.1) is 5.92 Å². The lowest BCUT2D eigenvalue weighted by atomic mass is 10.1. The van der Waals surface area contributed by atoms with Crippen LogP contribution in [0.25, 0.3) is 0 Å². The maximum Gasteiger partial charge on any atom is -0.00755 e. The Bertz CT molecular complexity index is 175. The second-order valence-corrected chi connectivity index (χ2v) is 2.51. The monoisotopic (exact) mass is 151 g/mol. The number of allylic oxidation sites excluding steroid dienone is 6. The molecule has 0 aromatic rings. The lowest BCUT2D eigenvalue weighted by molar-refractivity contribution is 0.942. The third-order valence-electron chi connectivity index (χ3n) is 1.44. The van der Waals surface area contributed by atoms with Gasteiger partial charge in [0.2, 0.25) is 0 Å². The van der Waals surface area contributed by atoms with Gasteiger partial charge >= 0.3 is 0 Å². The first-order chi connectivity index (χ1) is 5.29. The molecule has 0 bridgehead atoms. The molecule has 0 aromatic carbocycles. The van der Waals surface area contributed by atoms with E-state index >= 15 is 0 Å². The minimum Gasteiger partial charge on any atom is -0.333 e. The number of hydrogen-bond acceptors (Lipinski definition) is 1. The van der Waals surface area contributed by atoms with Crippen LogP contribution in [-0.4, -0.2) is 7.05 Å². The highest BCUT2D eigenvalue weighted by molar-refractivity contribution is 5.26. The topological polar surface area (TPSA) is 26.0 Å². The van der Waals surface area contributed by atoms with Crippen molar-refractivity contribution in [1.29, 1.82) is 0 Å². The van der Waals surface area contributed by atoms with Crippen molar-refractivity contribution in [3.63, 3.8) is 0 Å². The molecule has 0 amide bonds. The van der Waals surface area contributed by atoms with E-state index in [4.69, 9.17) is 0 Å². The molecule has 0 radical (unpaired) electrons. The molecule has 1 unspecified atom stereocenters. The number of nitrogens with two attached hydrogens (primary N) is 1. The van der Waals surface area contributed by atoms with E-state index < -0.39 is 0 Å². The van der Waals surface area contributed by atoms with Crippen molar-refractivity contribution in [2.24, 2.45) is 11.7 Å². The van der Waals surface area contributed by atoms with E-state index in [0.29, 0.717) is 5.92 Å². The van der Waals surface area contributed by atoms with Crippen molar-refractivity contribution < 1.29 is 0 Å². The molecule has 1 nitrogen and oxygen atoms in total. The molecule has 62 valence electrons. The highest BCUT2D eigenvalue weighted by Crippen LogP contribution is 2.07. The van der Waals surface area contributed by atoms with E-state index in [1.807, 2.05) is 0 Å². The molecule has 0 saturated carbocycles. The molecule has 0 aliphatic heterocycles. The van der Waals surface area contributed by atoms with Crippen molar-refractivity contribution in [3.05, 3.63) is 36.0 Å². The predicted octanol–water partition coefficient (Wildman–Crippen LogP) is 2.27. The second-order valence-electron chi connectivity index (χ2n) is 2.51. The fraction of sp³-hybridized carbons (Fsp3) is 0.400. The van der Waals surface area contributed by atoms with Crippen LogP contribution in [0.4, 0.5) is 0 Å². The van der Waals surface area contributed by atoms with Crippen molar-refractivity contribution in [2.75, 3.05) is 7.05 Å². The molecule has 0 spiro atoms. The third-order valence-corrected chi connectivity index (χ3v) is 1.44. The van der Waals surface area contributed by atoms with Gasteiger partial charge < -0.3 is 5.73 Å². The van der Waals surface area contributed by atoms with Gasteiger partial charge in [0, 0.05) is 0 Å². The molecule has 0 fully saturated rings. The summed E-state index contributed by atoms with van der Waals surface area (Å²) in [6.45, 7) is 4.29. The summed E-state index contributed by atoms with van der Waals surface area (Å²) in [6.07, 6.45) is 10.8. The SMILES string of the molecule is CC1=CC=CC(C)C=C1.CN. The Morgan fingerprint density at radius 1 is 1.27 bits per heavy atom. The summed E-state index contributed by atoms with van der Waals surface area (Å²) in [5, 5.41) is 0. The summed E-state index contributed by atoms with van der Waals surface area (Å²) in [7, 11) is 1.50. The lowest BCUT2D eigenvalue weighted by Gasteiger charge is -1.91. The van der Waals surface area contributed by atoms with Gasteiger partial charge in [0.15, 0.2) is 0 Å². The molecule has 0 aromatic heterocycles. The predicted molar refractivity (Wildman–Crippen MR) is 51.3 cm³/mol. The molecular formula is C10H17N. The van der Waals surface area contributed by atoms with E-state index in [-0.39, 0.29) is 0 Å². The Morgan fingerprint density at radius 3 is 2.55 bits per heavy atom. The second kappa shape index (κ2) is 5.93. The molecular weight excluding hydrogens is 134 g/mol. The van der Waals surface area contributed by atoms with Gasteiger partial charge in [-0.05, 0) is 19.9 Å². The fourth-order valence-electron chi connectivity index (χ4n) is 0.806. The molecule has 1 aliphatic carbocycles. The summed E-state index contributed by atoms with van der Waals surface area (Å²) in [4.78, 5) is 0. The van der Waals surface area contributed by atoms with E-state index in [9.17, 15) is 0 Å². The van der Waals surface area contributed by atoms with Crippen LogP contribution < -0.4 is 5.73 Å². The van der Waals surface area contributed by atoms with Gasteiger partial charge in [-0.1, -0.05) is 42.9 Å². The molecule has 1 aliphatic rings. The summed E-state index contributed by atoms with van der Waals surface area (Å²) in [6, 6.07) is 0. The van der Waals surface area contributed by atoms with Crippen LogP contribution in [-0.2, 0) is 0 Å². The normalized spacial score (nSPS) is 21.5. The summed E-state index contributed by atoms with van der Waals surface area (Å²) in [5.41, 5.74) is 5.83. The van der Waals surface area contributed by atoms with Crippen LogP contribution in [0.1, 0.15) is 13.8 Å². The number of hydrogen-bond donors (Lipinski definition) is 1. The van der Waals surface area contributed by atoms with Gasteiger partial charge in [0.25, 0.3) is 0 Å². The van der Waals surface area contributed by atoms with Crippen LogP contribution in [0.15, 0.2) is 36.0 Å². The van der Waals surface area contributed by atoms with Crippen LogP contribution in [0.5, 0.6) is 0 Å². The van der Waals surface area contributed by atoms with Crippen LogP contribution in [0.2, 0.25) is 0 Å². The van der Waals surface area contributed by atoms with Gasteiger partial charge in [-0.15, -0.1) is 0 Å². The van der Waals surface area contributed by atoms with Crippen molar-refractivity contribution in [3.8, 4) is 0 Å². The minimum absolute atomic E-state index is 0.596. The van der Waals surface area contributed by atoms with E-state index in [2.05, 4.69) is 50.0 Å². The molecule has 1 atom stereocenters. The van der Waals surface area contributed by atoms with Gasteiger partial charge in [-0.3, -0.25) is 0 Å². The quantitative estimate of drug-likeness (QED) is 0.564. The minimum atomic E-state index is 0.596. The van der Waals surface area contributed by atoms with Crippen molar-refractivity contribution >= 4 is 0 Å². The third kappa shape index (κ3) is 4.57. The Kier molecular flexibility index (Phi) is 5.49. The Balaban J connectivity index is 0.000000461. The fourth-order valence-corrected chi connectivity index (χ4v) is 0.806. The lowest BCUT2D eigenvalue weighted by Crippen LogP contribution is -1.78. The molecule has 11 heavy (non-hydrogen) atoms. The zero-order valence-corrected chi connectivity index (χ0v) is 7.54. The van der Waals surface area contributed by atoms with Crippen LogP contribution in [0.3, 0.4) is 0 Å². The summed E-state index contributed by atoms with van der Waals surface area (Å²) in [5.74, 6) is 0.596. The Morgan fingerprint density at radius 2 is 1.91 bits per heavy atom. The van der Waals surface area contributed by atoms with E-state index in [1.54, 1.807) is 0 Å². The Hall–Kier alpha value is -0.820. The van der Waals surface area contributed by atoms with Crippen LogP contribution >= 0.6 is 0 Å². The molecule has 1 heteroatoms. The molecule has 2 N–H and O–H groups in total. The molecule has 0 saturated heterocycles. The summed E-state index contributed by atoms with van der Waals surface area (Å²) >= 11 is 0. The van der Waals surface area contributed by atoms with Gasteiger partial charge in [-0.2, -0.15) is 0 Å². The number of rotatable bonds is 0. The van der Waals surface area contributed by atoms with Gasteiger partial charge in [-0.25, -0.2) is 0 Å². The first kappa shape index (κ1) is 10.2. The van der Waals surface area contributed by atoms with Crippen molar-refractivity contribution in [1.82, 2.24) is 0 Å². The zero-order valence-electron chi connectivity index (χ0n) is 7.54. The smallest absolute Gasteiger partial charge is 0.00755 e. The molecule has 1 rings (SSSR count).